The molecule has 0 radical (unpaired) electrons. The molecule has 0 aliphatic heterocycles. The average molecular weight is 951 g/mol. The number of halogens is 2. The SMILES string of the molecule is CCC[Si](C)=[Zr+2].[Cl-].[Cl-].c1ccc2cc(-c3cccc4[cH-]c(CC5CCCCCC5)cc34)ccc2c1.c1ccc2cc(-c3cccc4[cH-]c(CC5CCCCCC5)cc34)ccc2c1. The fourth-order valence-electron chi connectivity index (χ4n) is 10.2. The van der Waals surface area contributed by atoms with Crippen LogP contribution in [0.3, 0.4) is 0 Å². The molecule has 62 heavy (non-hydrogen) atoms. The van der Waals surface area contributed by atoms with Crippen LogP contribution in [0, 0.1) is 11.8 Å². The second-order valence-electron chi connectivity index (χ2n) is 18.1. The van der Waals surface area contributed by atoms with Crippen LogP contribution in [0.15, 0.2) is 146 Å². The number of rotatable bonds is 8. The van der Waals surface area contributed by atoms with E-state index in [1.54, 1.807) is 23.3 Å². The van der Waals surface area contributed by atoms with Crippen LogP contribution in [-0.4, -0.2) is 5.43 Å². The van der Waals surface area contributed by atoms with Gasteiger partial charge in [0.2, 0.25) is 0 Å². The fourth-order valence-corrected chi connectivity index (χ4v) is 12.8. The Morgan fingerprint density at radius 3 is 1.26 bits per heavy atom. The van der Waals surface area contributed by atoms with Crippen molar-refractivity contribution in [3.8, 4) is 22.3 Å². The van der Waals surface area contributed by atoms with Crippen molar-refractivity contribution in [3.63, 3.8) is 0 Å². The van der Waals surface area contributed by atoms with Gasteiger partial charge in [-0.1, -0.05) is 173 Å². The van der Waals surface area contributed by atoms with E-state index in [9.17, 15) is 0 Å². The summed E-state index contributed by atoms with van der Waals surface area (Å²) in [6.45, 7) is 4.66. The smallest absolute Gasteiger partial charge is 0.0178 e. The molecule has 2 aliphatic rings. The number of hydrogen-bond donors (Lipinski definition) is 0. The molecule has 4 heteroatoms. The summed E-state index contributed by atoms with van der Waals surface area (Å²) < 4.78 is 0. The summed E-state index contributed by atoms with van der Waals surface area (Å²) in [5.41, 5.74) is 8.65. The van der Waals surface area contributed by atoms with Crippen molar-refractivity contribution >= 4 is 48.5 Å². The summed E-state index contributed by atoms with van der Waals surface area (Å²) in [4.78, 5) is 0. The van der Waals surface area contributed by atoms with Crippen molar-refractivity contribution in [2.24, 2.45) is 11.8 Å². The maximum Gasteiger partial charge on any atom is -0.0178 e. The normalized spacial score (nSPS) is 14.8. The largest absolute Gasteiger partial charge is 1.00 e. The molecule has 2 fully saturated rings. The molecule has 2 aliphatic carbocycles. The Balaban J connectivity index is 0.000000178. The van der Waals surface area contributed by atoms with Gasteiger partial charge in [0.25, 0.3) is 0 Å². The van der Waals surface area contributed by atoms with E-state index in [1.807, 2.05) is 0 Å². The van der Waals surface area contributed by atoms with E-state index in [-0.39, 0.29) is 30.2 Å². The molecule has 8 aromatic carbocycles. The van der Waals surface area contributed by atoms with E-state index in [1.165, 1.54) is 179 Å². The zero-order valence-electron chi connectivity index (χ0n) is 37.1. The zero-order chi connectivity index (χ0) is 41.1. The molecule has 0 unspecified atom stereocenters. The molecule has 0 spiro atoms. The van der Waals surface area contributed by atoms with Crippen LogP contribution in [0.2, 0.25) is 12.6 Å². The van der Waals surface area contributed by atoms with Crippen LogP contribution >= 0.6 is 0 Å². The van der Waals surface area contributed by atoms with Gasteiger partial charge in [-0.05, 0) is 69.5 Å². The van der Waals surface area contributed by atoms with Gasteiger partial charge in [0.1, 0.15) is 0 Å². The Morgan fingerprint density at radius 1 is 0.484 bits per heavy atom. The van der Waals surface area contributed by atoms with E-state index in [2.05, 4.69) is 159 Å². The van der Waals surface area contributed by atoms with E-state index in [4.69, 9.17) is 0 Å². The first kappa shape index (κ1) is 48.2. The van der Waals surface area contributed by atoms with E-state index in [0.717, 1.165) is 11.8 Å². The Labute approximate surface area is 400 Å². The van der Waals surface area contributed by atoms with Crippen LogP contribution in [0.1, 0.15) is 102 Å². The first-order chi connectivity index (χ1) is 29.5. The van der Waals surface area contributed by atoms with Crippen molar-refractivity contribution in [2.75, 3.05) is 0 Å². The average Bonchev–Trinajstić information content (AvgIpc) is 3.66. The van der Waals surface area contributed by atoms with Gasteiger partial charge in [0.15, 0.2) is 0 Å². The monoisotopic (exact) mass is 948 g/mol. The molecule has 0 saturated heterocycles. The summed E-state index contributed by atoms with van der Waals surface area (Å²) in [5.74, 6) is 1.77. The van der Waals surface area contributed by atoms with Crippen LogP contribution in [0.25, 0.3) is 65.3 Å². The van der Waals surface area contributed by atoms with Crippen molar-refractivity contribution in [1.82, 2.24) is 0 Å². The summed E-state index contributed by atoms with van der Waals surface area (Å²) in [7, 11) is 0. The molecule has 8 aromatic rings. The van der Waals surface area contributed by atoms with E-state index < -0.39 is 0 Å². The number of hydrogen-bond acceptors (Lipinski definition) is 0. The Morgan fingerprint density at radius 2 is 0.887 bits per heavy atom. The Hall–Kier alpha value is -3.26. The summed E-state index contributed by atoms with van der Waals surface area (Å²) in [6.07, 6.45) is 21.0. The predicted octanol–water partition coefficient (Wildman–Crippen LogP) is 11.4. The van der Waals surface area contributed by atoms with Gasteiger partial charge in [-0.2, -0.15) is 12.1 Å². The molecular weight excluding hydrogens is 887 g/mol. The fraction of sp³-hybridized carbons (Fsp3) is 0.345. The topological polar surface area (TPSA) is 0 Å². The Kier molecular flexibility index (Phi) is 18.8. The number of benzene rings is 6. The molecule has 0 aromatic heterocycles. The Bertz CT molecular complexity index is 2460. The third-order valence-corrected chi connectivity index (χ3v) is 16.5. The second kappa shape index (κ2) is 24.1. The van der Waals surface area contributed by atoms with Crippen molar-refractivity contribution in [1.29, 1.82) is 0 Å². The first-order valence-electron chi connectivity index (χ1n) is 23.4. The maximum atomic E-state index is 2.46. The zero-order valence-corrected chi connectivity index (χ0v) is 42.1. The molecule has 320 valence electrons. The van der Waals surface area contributed by atoms with Gasteiger partial charge in [0, 0.05) is 0 Å². The van der Waals surface area contributed by atoms with Crippen molar-refractivity contribution in [2.45, 2.75) is 116 Å². The minimum atomic E-state index is 0. The van der Waals surface area contributed by atoms with Crippen LogP contribution in [0.5, 0.6) is 0 Å². The quantitative estimate of drug-likeness (QED) is 0.0809. The molecule has 0 atom stereocenters. The van der Waals surface area contributed by atoms with E-state index in [0.29, 0.717) is 0 Å². The molecule has 0 bridgehead atoms. The predicted molar refractivity (Wildman–Crippen MR) is 261 cm³/mol. The minimum Gasteiger partial charge on any atom is -1.00 e. The first-order valence-corrected chi connectivity index (χ1v) is 29.3. The van der Waals surface area contributed by atoms with Gasteiger partial charge >= 0.3 is 54.7 Å². The van der Waals surface area contributed by atoms with Gasteiger partial charge < -0.3 is 24.8 Å². The molecule has 10 rings (SSSR count). The van der Waals surface area contributed by atoms with Gasteiger partial charge in [0.05, 0.1) is 0 Å². The maximum absolute atomic E-state index is 2.46. The van der Waals surface area contributed by atoms with Crippen LogP contribution in [0.4, 0.5) is 0 Å². The van der Waals surface area contributed by atoms with Crippen molar-refractivity contribution < 1.29 is 48.1 Å². The van der Waals surface area contributed by atoms with Gasteiger partial charge in [-0.3, -0.25) is 0 Å². The molecule has 0 N–H and O–H groups in total. The summed E-state index contributed by atoms with van der Waals surface area (Å²) >= 11 is 1.79. The van der Waals surface area contributed by atoms with Crippen molar-refractivity contribution in [3.05, 3.63) is 157 Å². The van der Waals surface area contributed by atoms with Crippen LogP contribution < -0.4 is 24.8 Å². The molecule has 0 nitrogen and oxygen atoms in total. The van der Waals surface area contributed by atoms with Gasteiger partial charge in [-0.15, -0.1) is 69.1 Å². The van der Waals surface area contributed by atoms with E-state index >= 15 is 0 Å². The molecular formula is C58H64Cl2SiZr-2. The molecule has 0 heterocycles. The van der Waals surface area contributed by atoms with Crippen LogP contribution in [-0.2, 0) is 36.2 Å². The number of fused-ring (bicyclic) bond motifs is 4. The molecule has 2 saturated carbocycles. The summed E-state index contributed by atoms with van der Waals surface area (Å²) in [5, 5.41) is 10.9. The second-order valence-corrected chi connectivity index (χ2v) is 26.5. The minimum absolute atomic E-state index is 0. The third-order valence-electron chi connectivity index (χ3n) is 13.4. The standard InChI is InChI=1S/2C27H27.C4H10Si.2ClH.Zr/c2*1-2-4-9-20(8-3-1)16-21-17-24-12-7-13-26(27(24)18-21)25-15-14-22-10-5-6-11-23(22)19-25;1-3-4-5-2;;;/h2*5-7,10-15,17-20H,1-4,8-9,16H2;3-4H2,1-2H3;2*1H;/q2*-1;;;;+2/p-2. The summed E-state index contributed by atoms with van der Waals surface area (Å²) in [6, 6.07) is 55.8. The molecule has 0 amide bonds. The van der Waals surface area contributed by atoms with Gasteiger partial charge in [-0.25, -0.2) is 0 Å². The third kappa shape index (κ3) is 12.7.